The SMILES string of the molecule is CC(C)(C#N)N(C1CC1)S(=O)(=O)CCl. The number of hydrogen-bond donors (Lipinski definition) is 0. The Morgan fingerprint density at radius 1 is 1.57 bits per heavy atom. The average molecular weight is 237 g/mol. The van der Waals surface area contributed by atoms with E-state index in [1.165, 1.54) is 4.31 Å². The highest BCUT2D eigenvalue weighted by Crippen LogP contribution is 2.35. The Bertz CT molecular complexity index is 354. The molecule has 14 heavy (non-hydrogen) atoms. The summed E-state index contributed by atoms with van der Waals surface area (Å²) in [4.78, 5) is 0. The summed E-state index contributed by atoms with van der Waals surface area (Å²) in [6, 6.07) is 1.96. The van der Waals surface area contributed by atoms with E-state index in [0.29, 0.717) is 0 Å². The fraction of sp³-hybridized carbons (Fsp3) is 0.875. The van der Waals surface area contributed by atoms with Gasteiger partial charge in [0.2, 0.25) is 10.0 Å². The molecule has 4 nitrogen and oxygen atoms in total. The second-order valence-electron chi connectivity index (χ2n) is 3.92. The largest absolute Gasteiger partial charge is 0.229 e. The number of alkyl halides is 1. The molecule has 0 aromatic rings. The lowest BCUT2D eigenvalue weighted by Crippen LogP contribution is -2.48. The highest BCUT2D eigenvalue weighted by Gasteiger charge is 2.45. The van der Waals surface area contributed by atoms with Crippen molar-refractivity contribution in [2.24, 2.45) is 0 Å². The number of sulfonamides is 1. The zero-order valence-electron chi connectivity index (χ0n) is 8.20. The molecular weight excluding hydrogens is 224 g/mol. The maximum atomic E-state index is 11.6. The lowest BCUT2D eigenvalue weighted by atomic mass is 10.1. The van der Waals surface area contributed by atoms with Crippen LogP contribution in [0, 0.1) is 11.3 Å². The van der Waals surface area contributed by atoms with Gasteiger partial charge in [0.05, 0.1) is 6.07 Å². The van der Waals surface area contributed by atoms with E-state index in [0.717, 1.165) is 12.8 Å². The summed E-state index contributed by atoms with van der Waals surface area (Å²) < 4.78 is 24.5. The van der Waals surface area contributed by atoms with Crippen molar-refractivity contribution in [3.8, 4) is 6.07 Å². The molecule has 0 aromatic carbocycles. The van der Waals surface area contributed by atoms with E-state index >= 15 is 0 Å². The number of nitrogens with zero attached hydrogens (tertiary/aromatic N) is 2. The summed E-state index contributed by atoms with van der Waals surface area (Å²) in [5.74, 6) is 0. The monoisotopic (exact) mass is 236 g/mol. The Morgan fingerprint density at radius 2 is 2.07 bits per heavy atom. The van der Waals surface area contributed by atoms with Gasteiger partial charge in [0.25, 0.3) is 0 Å². The molecule has 0 unspecified atom stereocenters. The highest BCUT2D eigenvalue weighted by atomic mass is 35.5. The first-order valence-electron chi connectivity index (χ1n) is 4.34. The Labute approximate surface area is 89.5 Å². The predicted octanol–water partition coefficient (Wildman–Crippen LogP) is 1.28. The van der Waals surface area contributed by atoms with Crippen LogP contribution >= 0.6 is 11.6 Å². The van der Waals surface area contributed by atoms with E-state index in [9.17, 15) is 8.42 Å². The summed E-state index contributed by atoms with van der Waals surface area (Å²) in [5.41, 5.74) is -1.01. The van der Waals surface area contributed by atoms with Crippen LogP contribution in [0.1, 0.15) is 26.7 Å². The fourth-order valence-corrected chi connectivity index (χ4v) is 3.26. The van der Waals surface area contributed by atoms with Crippen molar-refractivity contribution < 1.29 is 8.42 Å². The summed E-state index contributed by atoms with van der Waals surface area (Å²) in [7, 11) is -3.49. The van der Waals surface area contributed by atoms with Crippen LogP contribution in [0.4, 0.5) is 0 Å². The summed E-state index contributed by atoms with van der Waals surface area (Å²) >= 11 is 5.38. The molecular formula is C8H13ClN2O2S. The van der Waals surface area contributed by atoms with Crippen LogP contribution in [0.25, 0.3) is 0 Å². The third kappa shape index (κ3) is 2.19. The third-order valence-electron chi connectivity index (χ3n) is 2.14. The molecule has 80 valence electrons. The van der Waals surface area contributed by atoms with Gasteiger partial charge in [0, 0.05) is 6.04 Å². The van der Waals surface area contributed by atoms with Crippen LogP contribution in [0.15, 0.2) is 0 Å². The normalized spacial score (nSPS) is 18.2. The minimum atomic E-state index is -3.49. The van der Waals surface area contributed by atoms with Crippen molar-refractivity contribution in [1.82, 2.24) is 4.31 Å². The van der Waals surface area contributed by atoms with Gasteiger partial charge in [-0.2, -0.15) is 9.57 Å². The zero-order chi connectivity index (χ0) is 11.0. The second-order valence-corrected chi connectivity index (χ2v) is 6.35. The first-order chi connectivity index (χ1) is 6.35. The van der Waals surface area contributed by atoms with Crippen LogP contribution in [0.2, 0.25) is 0 Å². The van der Waals surface area contributed by atoms with Gasteiger partial charge < -0.3 is 0 Å². The molecule has 0 aliphatic heterocycles. The Morgan fingerprint density at radius 3 is 2.36 bits per heavy atom. The molecule has 0 N–H and O–H groups in total. The first-order valence-corrected chi connectivity index (χ1v) is 6.49. The van der Waals surface area contributed by atoms with E-state index in [2.05, 4.69) is 0 Å². The molecule has 1 saturated carbocycles. The lowest BCUT2D eigenvalue weighted by molar-refractivity contribution is 0.282. The van der Waals surface area contributed by atoms with Gasteiger partial charge in [0.15, 0.2) is 0 Å². The minimum Gasteiger partial charge on any atom is -0.211 e. The number of halogens is 1. The minimum absolute atomic E-state index is 0.0339. The zero-order valence-corrected chi connectivity index (χ0v) is 9.77. The smallest absolute Gasteiger partial charge is 0.211 e. The lowest BCUT2D eigenvalue weighted by Gasteiger charge is -2.31. The molecule has 0 radical (unpaired) electrons. The Kier molecular flexibility index (Phi) is 3.10. The summed E-state index contributed by atoms with van der Waals surface area (Å²) in [6.45, 7) is 3.19. The molecule has 0 bridgehead atoms. The Hall–Kier alpha value is -0.310. The van der Waals surface area contributed by atoms with Gasteiger partial charge in [-0.1, -0.05) is 0 Å². The van der Waals surface area contributed by atoms with Crippen molar-refractivity contribution in [2.75, 3.05) is 5.21 Å². The van der Waals surface area contributed by atoms with Crippen LogP contribution < -0.4 is 0 Å². The van der Waals surface area contributed by atoms with Crippen molar-refractivity contribution >= 4 is 21.6 Å². The summed E-state index contributed by atoms with van der Waals surface area (Å²) in [6.07, 6.45) is 1.64. The molecule has 0 saturated heterocycles. The highest BCUT2D eigenvalue weighted by molar-refractivity contribution is 7.90. The van der Waals surface area contributed by atoms with Crippen LogP contribution in [-0.4, -0.2) is 29.5 Å². The molecule has 0 spiro atoms. The Balaban J connectivity index is 3.03. The van der Waals surface area contributed by atoms with Gasteiger partial charge in [0.1, 0.15) is 10.8 Å². The average Bonchev–Trinajstić information content (AvgIpc) is 2.88. The van der Waals surface area contributed by atoms with Crippen molar-refractivity contribution in [3.63, 3.8) is 0 Å². The van der Waals surface area contributed by atoms with E-state index < -0.39 is 20.8 Å². The van der Waals surface area contributed by atoms with Gasteiger partial charge in [-0.15, -0.1) is 11.6 Å². The third-order valence-corrected chi connectivity index (χ3v) is 4.60. The molecule has 6 heteroatoms. The van der Waals surface area contributed by atoms with Crippen molar-refractivity contribution in [1.29, 1.82) is 5.26 Å². The molecule has 0 aromatic heterocycles. The maximum absolute atomic E-state index is 11.6. The standard InChI is InChI=1S/C8H13ClN2O2S/c1-8(2,5-10)11(7-3-4-7)14(12,13)6-9/h7H,3-4,6H2,1-2H3. The van der Waals surface area contributed by atoms with Gasteiger partial charge in [-0.05, 0) is 26.7 Å². The predicted molar refractivity (Wildman–Crippen MR) is 54.2 cm³/mol. The van der Waals surface area contributed by atoms with E-state index in [1.54, 1.807) is 13.8 Å². The van der Waals surface area contributed by atoms with Crippen LogP contribution in [-0.2, 0) is 10.0 Å². The molecule has 1 aliphatic rings. The van der Waals surface area contributed by atoms with Crippen LogP contribution in [0.5, 0.6) is 0 Å². The number of nitriles is 1. The number of rotatable bonds is 4. The fourth-order valence-electron chi connectivity index (χ4n) is 1.44. The van der Waals surface area contributed by atoms with E-state index in [4.69, 9.17) is 16.9 Å². The number of hydrogen-bond acceptors (Lipinski definition) is 3. The van der Waals surface area contributed by atoms with Gasteiger partial charge in [-0.3, -0.25) is 0 Å². The van der Waals surface area contributed by atoms with Crippen LogP contribution in [0.3, 0.4) is 0 Å². The van der Waals surface area contributed by atoms with E-state index in [-0.39, 0.29) is 6.04 Å². The molecule has 0 atom stereocenters. The molecule has 1 rings (SSSR count). The summed E-state index contributed by atoms with van der Waals surface area (Å²) in [5, 5.41) is 8.44. The van der Waals surface area contributed by atoms with Crippen molar-refractivity contribution in [2.45, 2.75) is 38.3 Å². The van der Waals surface area contributed by atoms with Gasteiger partial charge in [-0.25, -0.2) is 8.42 Å². The quantitative estimate of drug-likeness (QED) is 0.691. The first kappa shape index (κ1) is 11.8. The van der Waals surface area contributed by atoms with Gasteiger partial charge >= 0.3 is 0 Å². The molecule has 1 fully saturated rings. The van der Waals surface area contributed by atoms with Crippen molar-refractivity contribution in [3.05, 3.63) is 0 Å². The molecule has 0 amide bonds. The van der Waals surface area contributed by atoms with E-state index in [1.807, 2.05) is 6.07 Å². The molecule has 1 aliphatic carbocycles. The topological polar surface area (TPSA) is 61.2 Å². The maximum Gasteiger partial charge on any atom is 0.229 e. The second kappa shape index (κ2) is 3.69. The molecule has 0 heterocycles.